The van der Waals surface area contributed by atoms with Crippen molar-refractivity contribution in [2.45, 2.75) is 12.5 Å². The second-order valence-corrected chi connectivity index (χ2v) is 3.66. The smallest absolute Gasteiger partial charge is 0.257 e. The Balaban J connectivity index is 2.43. The zero-order valence-electron chi connectivity index (χ0n) is 7.57. The van der Waals surface area contributed by atoms with Crippen LogP contribution in [0.4, 0.5) is 0 Å². The molecule has 72 valence electrons. The van der Waals surface area contributed by atoms with Crippen molar-refractivity contribution in [3.05, 3.63) is 30.1 Å². The first-order chi connectivity index (χ1) is 6.63. The Labute approximate surface area is 86.7 Å². The second-order valence-electron chi connectivity index (χ2n) is 3.25. The van der Waals surface area contributed by atoms with Gasteiger partial charge in [0.25, 0.3) is 5.91 Å². The van der Waals surface area contributed by atoms with Gasteiger partial charge in [-0.05, 0) is 31.3 Å². The number of pyridine rings is 1. The molecule has 0 aromatic carbocycles. The van der Waals surface area contributed by atoms with E-state index in [2.05, 4.69) is 15.6 Å². The van der Waals surface area contributed by atoms with Crippen molar-refractivity contribution in [2.75, 3.05) is 0 Å². The van der Waals surface area contributed by atoms with Crippen molar-refractivity contribution >= 4 is 23.2 Å². The van der Waals surface area contributed by atoms with Gasteiger partial charge in [-0.1, -0.05) is 6.07 Å². The Morgan fingerprint density at radius 1 is 1.50 bits per heavy atom. The van der Waals surface area contributed by atoms with Crippen molar-refractivity contribution in [1.29, 1.82) is 0 Å². The Kier molecular flexibility index (Phi) is 1.96. The average Bonchev–Trinajstić information content (AvgIpc) is 2.43. The molecule has 1 aromatic rings. The van der Waals surface area contributed by atoms with Crippen LogP contribution in [0.5, 0.6) is 0 Å². The lowest BCUT2D eigenvalue weighted by atomic mass is 9.98. The third-order valence-electron chi connectivity index (χ3n) is 2.22. The van der Waals surface area contributed by atoms with Crippen molar-refractivity contribution < 1.29 is 4.79 Å². The van der Waals surface area contributed by atoms with Gasteiger partial charge in [0.1, 0.15) is 0 Å². The van der Waals surface area contributed by atoms with Crippen molar-refractivity contribution in [1.82, 2.24) is 15.6 Å². The minimum Gasteiger partial charge on any atom is -0.343 e. The predicted molar refractivity (Wildman–Crippen MR) is 55.5 cm³/mol. The van der Waals surface area contributed by atoms with Gasteiger partial charge in [0.05, 0.1) is 5.69 Å². The summed E-state index contributed by atoms with van der Waals surface area (Å²) in [6.45, 7) is 1.75. The topological polar surface area (TPSA) is 54.0 Å². The molecule has 2 heterocycles. The number of thiocarbonyl (C=S) groups is 1. The van der Waals surface area contributed by atoms with Crippen molar-refractivity contribution in [2.24, 2.45) is 0 Å². The van der Waals surface area contributed by atoms with E-state index in [1.807, 2.05) is 6.07 Å². The summed E-state index contributed by atoms with van der Waals surface area (Å²) < 4.78 is 0. The van der Waals surface area contributed by atoms with Gasteiger partial charge in [-0.15, -0.1) is 0 Å². The van der Waals surface area contributed by atoms with Gasteiger partial charge in [0.2, 0.25) is 0 Å². The quantitative estimate of drug-likeness (QED) is 0.650. The molecule has 5 heteroatoms. The van der Waals surface area contributed by atoms with E-state index in [0.29, 0.717) is 10.8 Å². The molecule has 0 aliphatic carbocycles. The first-order valence-corrected chi connectivity index (χ1v) is 4.59. The first-order valence-electron chi connectivity index (χ1n) is 4.18. The van der Waals surface area contributed by atoms with Gasteiger partial charge >= 0.3 is 0 Å². The number of carbonyl (C=O) groups excluding carboxylic acids is 1. The second kappa shape index (κ2) is 3.02. The maximum Gasteiger partial charge on any atom is 0.257 e. The van der Waals surface area contributed by atoms with Crippen LogP contribution in [0.25, 0.3) is 0 Å². The zero-order chi connectivity index (χ0) is 10.2. The molecule has 1 atom stereocenters. The van der Waals surface area contributed by atoms with E-state index in [4.69, 9.17) is 12.2 Å². The van der Waals surface area contributed by atoms with Crippen molar-refractivity contribution in [3.63, 3.8) is 0 Å². The van der Waals surface area contributed by atoms with Crippen LogP contribution in [-0.4, -0.2) is 16.0 Å². The Bertz CT molecular complexity index is 392. The van der Waals surface area contributed by atoms with Gasteiger partial charge in [-0.2, -0.15) is 0 Å². The van der Waals surface area contributed by atoms with E-state index in [9.17, 15) is 4.79 Å². The fraction of sp³-hybridized carbons (Fsp3) is 0.222. The molecule has 1 aliphatic heterocycles. The van der Waals surface area contributed by atoms with E-state index < -0.39 is 5.54 Å². The monoisotopic (exact) mass is 207 g/mol. The van der Waals surface area contributed by atoms with Crippen LogP contribution in [-0.2, 0) is 10.3 Å². The average molecular weight is 207 g/mol. The van der Waals surface area contributed by atoms with E-state index in [1.165, 1.54) is 0 Å². The highest BCUT2D eigenvalue weighted by Gasteiger charge is 2.42. The number of nitrogens with zero attached hydrogens (tertiary/aromatic N) is 1. The summed E-state index contributed by atoms with van der Waals surface area (Å²) in [5, 5.41) is 5.80. The standard InChI is InChI=1S/C9H9N3OS/c1-9(6-4-2-3-5-10-6)7(13)11-8(14)12-9/h2-5H,1H3,(H2,11,12,13,14). The molecule has 0 spiro atoms. The summed E-state index contributed by atoms with van der Waals surface area (Å²) in [5.74, 6) is -0.166. The van der Waals surface area contributed by atoms with Crippen LogP contribution in [0.2, 0.25) is 0 Å². The van der Waals surface area contributed by atoms with Crippen LogP contribution in [0.15, 0.2) is 24.4 Å². The molecule has 14 heavy (non-hydrogen) atoms. The highest BCUT2D eigenvalue weighted by atomic mass is 32.1. The van der Waals surface area contributed by atoms with Gasteiger partial charge in [-0.3, -0.25) is 9.78 Å². The van der Waals surface area contributed by atoms with E-state index in [1.54, 1.807) is 25.3 Å². The number of carbonyl (C=O) groups is 1. The molecule has 1 unspecified atom stereocenters. The highest BCUT2D eigenvalue weighted by molar-refractivity contribution is 7.80. The van der Waals surface area contributed by atoms with Crippen LogP contribution in [0.1, 0.15) is 12.6 Å². The molecule has 1 fully saturated rings. The zero-order valence-corrected chi connectivity index (χ0v) is 8.39. The summed E-state index contributed by atoms with van der Waals surface area (Å²) in [6.07, 6.45) is 1.65. The van der Waals surface area contributed by atoms with E-state index >= 15 is 0 Å². The maximum atomic E-state index is 11.6. The largest absolute Gasteiger partial charge is 0.343 e. The molecule has 0 saturated carbocycles. The van der Waals surface area contributed by atoms with Gasteiger partial charge in [0.15, 0.2) is 10.7 Å². The predicted octanol–water partition coefficient (Wildman–Crippen LogP) is 0.301. The number of amides is 1. The van der Waals surface area contributed by atoms with E-state index in [0.717, 1.165) is 0 Å². The minimum absolute atomic E-state index is 0.166. The van der Waals surface area contributed by atoms with Crippen LogP contribution < -0.4 is 10.6 Å². The molecular formula is C9H9N3OS. The summed E-state index contributed by atoms with van der Waals surface area (Å²) in [4.78, 5) is 15.7. The normalized spacial score (nSPS) is 25.8. The summed E-state index contributed by atoms with van der Waals surface area (Å²) in [7, 11) is 0. The number of aromatic nitrogens is 1. The van der Waals surface area contributed by atoms with Gasteiger partial charge in [-0.25, -0.2) is 0 Å². The lowest BCUT2D eigenvalue weighted by Gasteiger charge is -2.19. The first kappa shape index (κ1) is 9.08. The molecule has 1 amide bonds. The van der Waals surface area contributed by atoms with E-state index in [-0.39, 0.29) is 5.91 Å². The van der Waals surface area contributed by atoms with Gasteiger partial charge in [0, 0.05) is 6.20 Å². The summed E-state index contributed by atoms with van der Waals surface area (Å²) in [6, 6.07) is 5.43. The molecule has 1 aliphatic rings. The third kappa shape index (κ3) is 1.26. The molecule has 2 rings (SSSR count). The molecule has 4 nitrogen and oxygen atoms in total. The molecule has 2 N–H and O–H groups in total. The minimum atomic E-state index is -0.835. The molecular weight excluding hydrogens is 198 g/mol. The van der Waals surface area contributed by atoms with Crippen LogP contribution in [0.3, 0.4) is 0 Å². The SMILES string of the molecule is CC1(c2ccccn2)NC(=S)NC1=O. The number of nitrogens with one attached hydrogen (secondary N) is 2. The fourth-order valence-corrected chi connectivity index (χ4v) is 1.68. The number of hydrogen-bond acceptors (Lipinski definition) is 3. The Morgan fingerprint density at radius 2 is 2.29 bits per heavy atom. The van der Waals surface area contributed by atoms with Crippen molar-refractivity contribution in [3.8, 4) is 0 Å². The highest BCUT2D eigenvalue weighted by Crippen LogP contribution is 2.21. The lowest BCUT2D eigenvalue weighted by Crippen LogP contribution is -2.41. The number of rotatable bonds is 1. The summed E-state index contributed by atoms with van der Waals surface area (Å²) >= 11 is 4.87. The molecule has 0 radical (unpaired) electrons. The lowest BCUT2D eigenvalue weighted by molar-refractivity contribution is -0.123. The summed E-state index contributed by atoms with van der Waals surface area (Å²) in [5.41, 5.74) is -0.171. The fourth-order valence-electron chi connectivity index (χ4n) is 1.38. The molecule has 1 saturated heterocycles. The van der Waals surface area contributed by atoms with Gasteiger partial charge < -0.3 is 10.6 Å². The molecule has 0 bridgehead atoms. The molecule has 1 aromatic heterocycles. The van der Waals surface area contributed by atoms with Crippen LogP contribution in [0, 0.1) is 0 Å². The van der Waals surface area contributed by atoms with Crippen LogP contribution >= 0.6 is 12.2 Å². The number of hydrogen-bond donors (Lipinski definition) is 2. The Morgan fingerprint density at radius 3 is 2.79 bits per heavy atom. The maximum absolute atomic E-state index is 11.6. The third-order valence-corrected chi connectivity index (χ3v) is 2.43. The Hall–Kier alpha value is -1.49.